The monoisotopic (exact) mass is 914 g/mol. The lowest BCUT2D eigenvalue weighted by atomic mass is 9.86. The minimum absolute atomic E-state index is 0.00708. The standard InChI is InChI=1S/C50H62N10O7/c1-28-23-39(33-8-10-37-32(26-33)13-15-50(37,4)5)56-29(2)43(28)47(63)58-38(14-16-51)49(65)60(6)44-34-9-12-42(67-22-19-54)36(27-34)35-24-31(7-11-41(35)66-21-18-53)25-40(46(62)55-20-17-52)59-45(61)30(3)57-48(44)64/h7-12,23-24,26-27,30,38,40,44H,13-16,18-22,25,51,53-54H2,1-6H3,(H,55,62)(H,57,64)(H,58,63)(H,59,61). The molecule has 3 aromatic carbocycles. The van der Waals surface area contributed by atoms with Crippen molar-refractivity contribution in [2.24, 2.45) is 17.2 Å². The number of pyridine rings is 1. The summed E-state index contributed by atoms with van der Waals surface area (Å²) in [4.78, 5) is 76.8. The number of likely N-dealkylation sites (N-methyl/N-ethyl adjacent to an activating group) is 1. The number of amides is 5. The Kier molecular flexibility index (Phi) is 16.0. The van der Waals surface area contributed by atoms with Crippen LogP contribution in [0.3, 0.4) is 0 Å². The molecule has 354 valence electrons. The normalized spacial score (nSPS) is 17.9. The summed E-state index contributed by atoms with van der Waals surface area (Å²) in [5, 5.41) is 20.0. The number of nitriles is 1. The van der Waals surface area contributed by atoms with E-state index < -0.39 is 53.7 Å². The number of nitrogens with two attached hydrogens (primary N) is 3. The number of carbonyl (C=O) groups is 5. The van der Waals surface area contributed by atoms with E-state index in [1.54, 1.807) is 43.3 Å². The van der Waals surface area contributed by atoms with Gasteiger partial charge in [0, 0.05) is 43.2 Å². The zero-order chi connectivity index (χ0) is 48.6. The van der Waals surface area contributed by atoms with Crippen molar-refractivity contribution in [3.8, 4) is 40.0 Å². The first-order valence-corrected chi connectivity index (χ1v) is 22.6. The first kappa shape index (κ1) is 49.6. The molecule has 1 aliphatic heterocycles. The topological polar surface area (TPSA) is 270 Å². The average molecular weight is 915 g/mol. The zero-order valence-electron chi connectivity index (χ0n) is 39.1. The van der Waals surface area contributed by atoms with Gasteiger partial charge in [-0.15, -0.1) is 0 Å². The SMILES string of the molecule is Cc1cc(-c2ccc3c(c2)CCC3(C)C)nc(C)c1C(=O)NC(CCN)C(=O)N(C)C1C(=O)NC(C)C(=O)NC(C(=O)NCC#N)Cc2ccc(OCCN)c(c2)-c2cc1ccc2OCCN. The fourth-order valence-corrected chi connectivity index (χ4v) is 8.88. The van der Waals surface area contributed by atoms with Gasteiger partial charge in [0.1, 0.15) is 55.4 Å². The van der Waals surface area contributed by atoms with E-state index in [-0.39, 0.29) is 57.6 Å². The molecule has 1 aliphatic carbocycles. The summed E-state index contributed by atoms with van der Waals surface area (Å²) < 4.78 is 12.2. The molecule has 0 saturated carbocycles. The Hall–Kier alpha value is -6.87. The number of aromatic nitrogens is 1. The summed E-state index contributed by atoms with van der Waals surface area (Å²) in [7, 11) is 1.44. The molecule has 6 rings (SSSR count). The molecular weight excluding hydrogens is 853 g/mol. The lowest BCUT2D eigenvalue weighted by Crippen LogP contribution is -2.56. The van der Waals surface area contributed by atoms with Gasteiger partial charge in [-0.3, -0.25) is 29.0 Å². The zero-order valence-corrected chi connectivity index (χ0v) is 39.1. The fraction of sp³-hybridized carbons (Fsp3) is 0.420. The lowest BCUT2D eigenvalue weighted by molar-refractivity contribution is -0.141. The summed E-state index contributed by atoms with van der Waals surface area (Å²) in [6.07, 6.45) is 2.09. The Bertz CT molecular complexity index is 2550. The van der Waals surface area contributed by atoms with E-state index in [0.717, 1.165) is 24.1 Å². The summed E-state index contributed by atoms with van der Waals surface area (Å²) in [5.74, 6) is -2.43. The summed E-state index contributed by atoms with van der Waals surface area (Å²) in [6, 6.07) is 15.4. The van der Waals surface area contributed by atoms with Gasteiger partial charge in [-0.1, -0.05) is 38.1 Å². The van der Waals surface area contributed by atoms with Crippen molar-refractivity contribution >= 4 is 29.5 Å². The Labute approximate surface area is 391 Å². The molecule has 67 heavy (non-hydrogen) atoms. The maximum absolute atomic E-state index is 14.8. The number of nitrogens with one attached hydrogen (secondary N) is 4. The van der Waals surface area contributed by atoms with Crippen molar-refractivity contribution < 1.29 is 33.4 Å². The van der Waals surface area contributed by atoms with E-state index in [2.05, 4.69) is 53.3 Å². The van der Waals surface area contributed by atoms with Crippen LogP contribution in [0.4, 0.5) is 0 Å². The molecular formula is C50H62N10O7. The van der Waals surface area contributed by atoms with Gasteiger partial charge >= 0.3 is 0 Å². The smallest absolute Gasteiger partial charge is 0.254 e. The van der Waals surface area contributed by atoms with Gasteiger partial charge in [0.2, 0.25) is 23.6 Å². The molecule has 5 amide bonds. The number of benzene rings is 3. The van der Waals surface area contributed by atoms with E-state index in [9.17, 15) is 29.2 Å². The van der Waals surface area contributed by atoms with Crippen LogP contribution in [-0.4, -0.2) is 104 Å². The Morgan fingerprint density at radius 3 is 2.27 bits per heavy atom. The molecule has 0 fully saturated rings. The Morgan fingerprint density at radius 1 is 0.925 bits per heavy atom. The van der Waals surface area contributed by atoms with Gasteiger partial charge in [-0.05, 0) is 116 Å². The van der Waals surface area contributed by atoms with Gasteiger partial charge in [0.05, 0.1) is 23.0 Å². The van der Waals surface area contributed by atoms with E-state index in [1.807, 2.05) is 19.1 Å². The van der Waals surface area contributed by atoms with E-state index >= 15 is 0 Å². The summed E-state index contributed by atoms with van der Waals surface area (Å²) in [6.45, 7) is 9.94. The van der Waals surface area contributed by atoms with Crippen LogP contribution >= 0.6 is 0 Å². The molecule has 0 radical (unpaired) electrons. The van der Waals surface area contributed by atoms with Crippen LogP contribution < -0.4 is 47.9 Å². The quantitative estimate of drug-likeness (QED) is 0.0849. The number of fused-ring (bicyclic) bond motifs is 6. The molecule has 4 unspecified atom stereocenters. The number of hydrogen-bond donors (Lipinski definition) is 7. The van der Waals surface area contributed by atoms with Gasteiger partial charge in [-0.2, -0.15) is 5.26 Å². The van der Waals surface area contributed by atoms with Crippen molar-refractivity contribution in [3.63, 3.8) is 0 Å². The molecule has 0 saturated heterocycles. The second kappa shape index (κ2) is 21.6. The summed E-state index contributed by atoms with van der Waals surface area (Å²) >= 11 is 0. The van der Waals surface area contributed by atoms with Crippen molar-refractivity contribution in [2.75, 3.05) is 46.4 Å². The van der Waals surface area contributed by atoms with Crippen molar-refractivity contribution in [2.45, 2.75) is 89.9 Å². The molecule has 17 nitrogen and oxygen atoms in total. The highest BCUT2D eigenvalue weighted by Crippen LogP contribution is 2.41. The third kappa shape index (κ3) is 11.2. The predicted octanol–water partition coefficient (Wildman–Crippen LogP) is 2.76. The second-order valence-electron chi connectivity index (χ2n) is 17.7. The second-order valence-corrected chi connectivity index (χ2v) is 17.7. The van der Waals surface area contributed by atoms with E-state index in [0.29, 0.717) is 50.6 Å². The molecule has 17 heteroatoms. The number of carbonyl (C=O) groups excluding carboxylic acids is 5. The van der Waals surface area contributed by atoms with Gasteiger partial charge in [0.15, 0.2) is 0 Å². The minimum atomic E-state index is -1.39. The maximum Gasteiger partial charge on any atom is 0.254 e. The molecule has 10 N–H and O–H groups in total. The first-order valence-electron chi connectivity index (χ1n) is 22.6. The molecule has 1 aromatic heterocycles. The summed E-state index contributed by atoms with van der Waals surface area (Å²) in [5.41, 5.74) is 25.5. The molecule has 4 bridgehead atoms. The van der Waals surface area contributed by atoms with Crippen LogP contribution in [-0.2, 0) is 37.4 Å². The Balaban J connectivity index is 1.38. The maximum atomic E-state index is 14.8. The van der Waals surface area contributed by atoms with Crippen molar-refractivity contribution in [3.05, 3.63) is 99.7 Å². The first-order chi connectivity index (χ1) is 32.0. The molecule has 2 aliphatic rings. The van der Waals surface area contributed by atoms with Crippen LogP contribution in [0.2, 0.25) is 0 Å². The van der Waals surface area contributed by atoms with E-state index in [4.69, 9.17) is 31.7 Å². The van der Waals surface area contributed by atoms with Crippen LogP contribution in [0.25, 0.3) is 22.4 Å². The van der Waals surface area contributed by atoms with Crippen molar-refractivity contribution in [1.29, 1.82) is 5.26 Å². The number of rotatable bonds is 15. The number of nitrogens with zero attached hydrogens (tertiary/aromatic N) is 3. The molecule has 4 atom stereocenters. The van der Waals surface area contributed by atoms with Crippen LogP contribution in [0, 0.1) is 25.2 Å². The average Bonchev–Trinajstić information content (AvgIpc) is 3.61. The highest BCUT2D eigenvalue weighted by Gasteiger charge is 2.37. The number of aryl methyl sites for hydroxylation is 3. The van der Waals surface area contributed by atoms with Gasteiger partial charge < -0.3 is 52.8 Å². The third-order valence-corrected chi connectivity index (χ3v) is 12.4. The highest BCUT2D eigenvalue weighted by atomic mass is 16.5. The predicted molar refractivity (Wildman–Crippen MR) is 254 cm³/mol. The molecule has 4 aromatic rings. The largest absolute Gasteiger partial charge is 0.492 e. The molecule has 2 heterocycles. The lowest BCUT2D eigenvalue weighted by Gasteiger charge is -2.32. The number of hydrogen-bond acceptors (Lipinski definition) is 12. The van der Waals surface area contributed by atoms with E-state index in [1.165, 1.54) is 30.0 Å². The van der Waals surface area contributed by atoms with Gasteiger partial charge in [-0.25, -0.2) is 0 Å². The van der Waals surface area contributed by atoms with Crippen molar-refractivity contribution in [1.82, 2.24) is 31.2 Å². The van der Waals surface area contributed by atoms with Crippen LogP contribution in [0.15, 0.2) is 60.7 Å². The fourth-order valence-electron chi connectivity index (χ4n) is 8.88. The molecule has 0 spiro atoms. The van der Waals surface area contributed by atoms with Crippen LogP contribution in [0.1, 0.15) is 83.5 Å². The minimum Gasteiger partial charge on any atom is -0.492 e. The number of ether oxygens (including phenoxy) is 2. The van der Waals surface area contributed by atoms with Crippen LogP contribution in [0.5, 0.6) is 11.5 Å². The van der Waals surface area contributed by atoms with Gasteiger partial charge in [0.25, 0.3) is 5.91 Å². The third-order valence-electron chi connectivity index (χ3n) is 12.4. The highest BCUT2D eigenvalue weighted by molar-refractivity contribution is 6.01. The Morgan fingerprint density at radius 2 is 1.61 bits per heavy atom.